The van der Waals surface area contributed by atoms with Crippen LogP contribution in [-0.2, 0) is 23.0 Å². The third-order valence-electron chi connectivity index (χ3n) is 4.59. The van der Waals surface area contributed by atoms with Crippen LogP contribution in [0.2, 0.25) is 0 Å². The molecule has 1 fully saturated rings. The first kappa shape index (κ1) is 14.4. The van der Waals surface area contributed by atoms with Gasteiger partial charge in [-0.1, -0.05) is 30.3 Å². The summed E-state index contributed by atoms with van der Waals surface area (Å²) in [6.07, 6.45) is 1.06. The van der Waals surface area contributed by atoms with Crippen molar-refractivity contribution in [1.82, 2.24) is 9.21 Å². The Bertz CT molecular complexity index is 765. The lowest BCUT2D eigenvalue weighted by atomic mass is 9.97. The molecule has 0 unspecified atom stereocenters. The zero-order valence-corrected chi connectivity index (χ0v) is 13.8. The average Bonchev–Trinajstić information content (AvgIpc) is 3.00. The minimum atomic E-state index is -3.27. The van der Waals surface area contributed by atoms with Gasteiger partial charge in [-0.3, -0.25) is 4.90 Å². The summed E-state index contributed by atoms with van der Waals surface area (Å²) in [4.78, 5) is 2.42. The number of thiophene rings is 1. The highest BCUT2D eigenvalue weighted by Gasteiger charge is 2.40. The molecule has 2 aliphatic heterocycles. The molecule has 0 atom stereocenters. The van der Waals surface area contributed by atoms with E-state index in [1.807, 2.05) is 5.38 Å². The third-order valence-corrected chi connectivity index (χ3v) is 7.80. The predicted octanol–water partition coefficient (Wildman–Crippen LogP) is 2.18. The standard InChI is InChI=1S/C16H18N2O2S2/c19-22(20,16-6-3-9-21-16)18-11-15(12-18)17-8-7-13-4-1-2-5-14(13)10-17/h1-6,9,15H,7-8,10-12H2. The average molecular weight is 334 g/mol. The van der Waals surface area contributed by atoms with E-state index in [0.29, 0.717) is 23.3 Å². The minimum absolute atomic E-state index is 0.350. The summed E-state index contributed by atoms with van der Waals surface area (Å²) in [5.74, 6) is 0. The van der Waals surface area contributed by atoms with Crippen LogP contribution in [-0.4, -0.2) is 43.3 Å². The Balaban J connectivity index is 1.42. The molecular weight excluding hydrogens is 316 g/mol. The highest BCUT2D eigenvalue weighted by atomic mass is 32.2. The molecule has 2 aliphatic rings. The molecule has 4 nitrogen and oxygen atoms in total. The molecule has 0 radical (unpaired) electrons. The SMILES string of the molecule is O=S(=O)(c1cccs1)N1CC(N2CCc3ccccc3C2)C1. The summed E-state index contributed by atoms with van der Waals surface area (Å²) < 4.78 is 26.9. The van der Waals surface area contributed by atoms with Crippen molar-refractivity contribution in [2.75, 3.05) is 19.6 Å². The van der Waals surface area contributed by atoms with Gasteiger partial charge in [0.15, 0.2) is 0 Å². The van der Waals surface area contributed by atoms with Crippen molar-refractivity contribution in [2.24, 2.45) is 0 Å². The van der Waals surface area contributed by atoms with Gasteiger partial charge < -0.3 is 0 Å². The van der Waals surface area contributed by atoms with E-state index in [4.69, 9.17) is 0 Å². The van der Waals surface area contributed by atoms with Gasteiger partial charge in [0.05, 0.1) is 0 Å². The second-order valence-corrected chi connectivity index (χ2v) is 9.01. The maximum absolute atomic E-state index is 12.4. The molecule has 3 heterocycles. The van der Waals surface area contributed by atoms with Gasteiger partial charge >= 0.3 is 0 Å². The smallest absolute Gasteiger partial charge is 0.252 e. The van der Waals surface area contributed by atoms with Gasteiger partial charge in [0, 0.05) is 32.2 Å². The quantitative estimate of drug-likeness (QED) is 0.864. The first-order chi connectivity index (χ1) is 10.6. The number of nitrogens with zero attached hydrogens (tertiary/aromatic N) is 2. The van der Waals surface area contributed by atoms with Crippen molar-refractivity contribution in [3.63, 3.8) is 0 Å². The Morgan fingerprint density at radius 3 is 2.55 bits per heavy atom. The number of rotatable bonds is 3. The predicted molar refractivity (Wildman–Crippen MR) is 87.4 cm³/mol. The summed E-state index contributed by atoms with van der Waals surface area (Å²) in [5, 5.41) is 1.81. The van der Waals surface area contributed by atoms with Crippen LogP contribution in [0.4, 0.5) is 0 Å². The number of benzene rings is 1. The minimum Gasteiger partial charge on any atom is -0.293 e. The lowest BCUT2D eigenvalue weighted by Crippen LogP contribution is -2.61. The van der Waals surface area contributed by atoms with Crippen LogP contribution in [0.15, 0.2) is 46.0 Å². The number of sulfonamides is 1. The molecule has 0 N–H and O–H groups in total. The van der Waals surface area contributed by atoms with E-state index in [9.17, 15) is 8.42 Å². The maximum Gasteiger partial charge on any atom is 0.252 e. The summed E-state index contributed by atoms with van der Waals surface area (Å²) in [7, 11) is -3.27. The molecule has 6 heteroatoms. The lowest BCUT2D eigenvalue weighted by Gasteiger charge is -2.45. The molecule has 1 saturated heterocycles. The Labute approximate surface area is 135 Å². The van der Waals surface area contributed by atoms with Gasteiger partial charge in [0.2, 0.25) is 0 Å². The van der Waals surface area contributed by atoms with Crippen LogP contribution in [0.25, 0.3) is 0 Å². The second-order valence-electron chi connectivity index (χ2n) is 5.90. The molecule has 116 valence electrons. The maximum atomic E-state index is 12.4. The molecule has 2 aromatic rings. The molecule has 4 rings (SSSR count). The van der Waals surface area contributed by atoms with Crippen LogP contribution in [0.3, 0.4) is 0 Å². The summed E-state index contributed by atoms with van der Waals surface area (Å²) >= 11 is 1.29. The molecule has 1 aromatic carbocycles. The zero-order valence-electron chi connectivity index (χ0n) is 12.2. The summed E-state index contributed by atoms with van der Waals surface area (Å²) in [6.45, 7) is 3.19. The largest absolute Gasteiger partial charge is 0.293 e. The van der Waals surface area contributed by atoms with Gasteiger partial charge in [-0.05, 0) is 29.0 Å². The molecule has 0 spiro atoms. The van der Waals surface area contributed by atoms with Crippen LogP contribution < -0.4 is 0 Å². The first-order valence-electron chi connectivity index (χ1n) is 7.49. The van der Waals surface area contributed by atoms with E-state index < -0.39 is 10.0 Å². The van der Waals surface area contributed by atoms with Crippen molar-refractivity contribution in [3.05, 3.63) is 52.9 Å². The lowest BCUT2D eigenvalue weighted by molar-refractivity contribution is 0.0770. The molecule has 0 bridgehead atoms. The third kappa shape index (κ3) is 2.40. The number of hydrogen-bond donors (Lipinski definition) is 0. The zero-order chi connectivity index (χ0) is 15.2. The van der Waals surface area contributed by atoms with Crippen molar-refractivity contribution >= 4 is 21.4 Å². The van der Waals surface area contributed by atoms with E-state index in [0.717, 1.165) is 19.5 Å². The van der Waals surface area contributed by atoms with Gasteiger partial charge in [0.1, 0.15) is 4.21 Å². The fourth-order valence-corrected chi connectivity index (χ4v) is 5.87. The van der Waals surface area contributed by atoms with Crippen molar-refractivity contribution in [3.8, 4) is 0 Å². The molecule has 1 aromatic heterocycles. The van der Waals surface area contributed by atoms with Gasteiger partial charge in [-0.25, -0.2) is 8.42 Å². The van der Waals surface area contributed by atoms with Crippen LogP contribution in [0, 0.1) is 0 Å². The van der Waals surface area contributed by atoms with Crippen LogP contribution >= 0.6 is 11.3 Å². The highest BCUT2D eigenvalue weighted by molar-refractivity contribution is 7.91. The van der Waals surface area contributed by atoms with E-state index in [1.165, 1.54) is 22.5 Å². The van der Waals surface area contributed by atoms with E-state index in [2.05, 4.69) is 29.2 Å². The molecule has 22 heavy (non-hydrogen) atoms. The second kappa shape index (κ2) is 5.45. The molecule has 0 saturated carbocycles. The molecule has 0 aliphatic carbocycles. The van der Waals surface area contributed by atoms with Crippen LogP contribution in [0.1, 0.15) is 11.1 Å². The molecular formula is C16H18N2O2S2. The Kier molecular flexibility index (Phi) is 3.57. The Hall–Kier alpha value is -1.21. The first-order valence-corrected chi connectivity index (χ1v) is 9.81. The normalized spacial score (nSPS) is 20.5. The fourth-order valence-electron chi connectivity index (χ4n) is 3.21. The van der Waals surface area contributed by atoms with Gasteiger partial charge in [-0.2, -0.15) is 4.31 Å². The number of hydrogen-bond acceptors (Lipinski definition) is 4. The van der Waals surface area contributed by atoms with Gasteiger partial charge in [-0.15, -0.1) is 11.3 Å². The van der Waals surface area contributed by atoms with E-state index >= 15 is 0 Å². The molecule has 0 amide bonds. The van der Waals surface area contributed by atoms with E-state index in [-0.39, 0.29) is 0 Å². The Morgan fingerprint density at radius 1 is 1.05 bits per heavy atom. The van der Waals surface area contributed by atoms with Crippen molar-refractivity contribution < 1.29 is 8.42 Å². The van der Waals surface area contributed by atoms with Crippen molar-refractivity contribution in [1.29, 1.82) is 0 Å². The Morgan fingerprint density at radius 2 is 1.82 bits per heavy atom. The van der Waals surface area contributed by atoms with Gasteiger partial charge in [0.25, 0.3) is 10.0 Å². The monoisotopic (exact) mass is 334 g/mol. The topological polar surface area (TPSA) is 40.6 Å². The van der Waals surface area contributed by atoms with Crippen LogP contribution in [0.5, 0.6) is 0 Å². The van der Waals surface area contributed by atoms with E-state index in [1.54, 1.807) is 16.4 Å². The summed E-state index contributed by atoms with van der Waals surface area (Å²) in [5.41, 5.74) is 2.81. The highest BCUT2D eigenvalue weighted by Crippen LogP contribution is 2.29. The fraction of sp³-hybridized carbons (Fsp3) is 0.375. The van der Waals surface area contributed by atoms with Crippen molar-refractivity contribution in [2.45, 2.75) is 23.2 Å². The summed E-state index contributed by atoms with van der Waals surface area (Å²) in [6, 6.07) is 12.4. The number of fused-ring (bicyclic) bond motifs is 1.